The summed E-state index contributed by atoms with van der Waals surface area (Å²) in [4.78, 5) is 9.44. The highest BCUT2D eigenvalue weighted by Crippen LogP contribution is 2.25. The SMILES string of the molecule is Cc1nc2cc(N)c(Br)nc2s1. The van der Waals surface area contributed by atoms with Crippen LogP contribution in [0.4, 0.5) is 5.69 Å². The second kappa shape index (κ2) is 2.67. The lowest BCUT2D eigenvalue weighted by atomic mass is 10.4. The average Bonchev–Trinajstić information content (AvgIpc) is 2.30. The highest BCUT2D eigenvalue weighted by atomic mass is 79.9. The number of nitrogens with zero attached hydrogens (tertiary/aromatic N) is 2. The minimum atomic E-state index is 0.632. The molecule has 5 heteroatoms. The van der Waals surface area contributed by atoms with E-state index in [0.29, 0.717) is 10.3 Å². The molecule has 2 aromatic rings. The first-order valence-electron chi connectivity index (χ1n) is 3.36. The molecule has 0 aliphatic carbocycles. The van der Waals surface area contributed by atoms with Crippen molar-refractivity contribution in [2.45, 2.75) is 6.92 Å². The molecule has 0 unspecified atom stereocenters. The molecule has 0 atom stereocenters. The third kappa shape index (κ3) is 1.19. The van der Waals surface area contributed by atoms with E-state index in [0.717, 1.165) is 15.4 Å². The maximum atomic E-state index is 5.65. The lowest BCUT2D eigenvalue weighted by Crippen LogP contribution is -1.88. The highest BCUT2D eigenvalue weighted by Gasteiger charge is 2.04. The van der Waals surface area contributed by atoms with Crippen molar-refractivity contribution in [1.82, 2.24) is 9.97 Å². The van der Waals surface area contributed by atoms with Crippen molar-refractivity contribution in [3.8, 4) is 0 Å². The summed E-state index contributed by atoms with van der Waals surface area (Å²) in [6.07, 6.45) is 0. The predicted octanol–water partition coefficient (Wildman–Crippen LogP) is 2.34. The summed E-state index contributed by atoms with van der Waals surface area (Å²) in [5, 5.41) is 1.01. The maximum absolute atomic E-state index is 5.65. The van der Waals surface area contributed by atoms with Gasteiger partial charge in [-0.05, 0) is 28.9 Å². The second-order valence-electron chi connectivity index (χ2n) is 2.43. The smallest absolute Gasteiger partial charge is 0.144 e. The Morgan fingerprint density at radius 2 is 2.25 bits per heavy atom. The number of hydrogen-bond donors (Lipinski definition) is 1. The quantitative estimate of drug-likeness (QED) is 0.723. The second-order valence-corrected chi connectivity index (χ2v) is 4.36. The topological polar surface area (TPSA) is 51.8 Å². The summed E-state index contributed by atoms with van der Waals surface area (Å²) in [5.41, 5.74) is 7.16. The fraction of sp³-hybridized carbons (Fsp3) is 0.143. The zero-order valence-corrected chi connectivity index (χ0v) is 8.74. The van der Waals surface area contributed by atoms with Crippen LogP contribution in [0.25, 0.3) is 10.3 Å². The minimum absolute atomic E-state index is 0.632. The Balaban J connectivity index is 2.83. The average molecular weight is 244 g/mol. The van der Waals surface area contributed by atoms with E-state index in [4.69, 9.17) is 5.73 Å². The van der Waals surface area contributed by atoms with Gasteiger partial charge in [-0.1, -0.05) is 11.3 Å². The van der Waals surface area contributed by atoms with Gasteiger partial charge in [-0.2, -0.15) is 0 Å². The minimum Gasteiger partial charge on any atom is -0.396 e. The van der Waals surface area contributed by atoms with Crippen LogP contribution in [0.2, 0.25) is 0 Å². The first kappa shape index (κ1) is 7.94. The molecule has 0 aliphatic rings. The maximum Gasteiger partial charge on any atom is 0.144 e. The monoisotopic (exact) mass is 243 g/mol. The van der Waals surface area contributed by atoms with Crippen LogP contribution < -0.4 is 5.73 Å². The van der Waals surface area contributed by atoms with Gasteiger partial charge < -0.3 is 5.73 Å². The first-order chi connectivity index (χ1) is 5.66. The van der Waals surface area contributed by atoms with Gasteiger partial charge in [0.15, 0.2) is 0 Å². The Hall–Kier alpha value is -0.680. The van der Waals surface area contributed by atoms with Gasteiger partial charge in [0.25, 0.3) is 0 Å². The van der Waals surface area contributed by atoms with E-state index in [2.05, 4.69) is 25.9 Å². The van der Waals surface area contributed by atoms with Crippen molar-refractivity contribution in [3.05, 3.63) is 15.7 Å². The van der Waals surface area contributed by atoms with E-state index in [1.807, 2.05) is 13.0 Å². The summed E-state index contributed by atoms with van der Waals surface area (Å²) < 4.78 is 0.693. The predicted molar refractivity (Wildman–Crippen MR) is 54.3 cm³/mol. The molecule has 0 aromatic carbocycles. The van der Waals surface area contributed by atoms with Crippen molar-refractivity contribution >= 4 is 43.3 Å². The van der Waals surface area contributed by atoms with Crippen molar-refractivity contribution in [2.24, 2.45) is 0 Å². The summed E-state index contributed by atoms with van der Waals surface area (Å²) in [6.45, 7) is 1.95. The fourth-order valence-corrected chi connectivity index (χ4v) is 2.15. The Kier molecular flexibility index (Phi) is 1.77. The van der Waals surface area contributed by atoms with Crippen molar-refractivity contribution in [1.29, 1.82) is 0 Å². The van der Waals surface area contributed by atoms with E-state index >= 15 is 0 Å². The molecule has 12 heavy (non-hydrogen) atoms. The third-order valence-corrected chi connectivity index (χ3v) is 2.99. The standard InChI is InChI=1S/C7H6BrN3S/c1-3-10-5-2-4(9)6(8)11-7(5)12-3/h2H,9H2,1H3. The number of fused-ring (bicyclic) bond motifs is 1. The Labute approximate surface area is 81.8 Å². The summed E-state index contributed by atoms with van der Waals surface area (Å²) in [5.74, 6) is 0. The molecule has 0 spiro atoms. The van der Waals surface area contributed by atoms with E-state index in [-0.39, 0.29) is 0 Å². The number of pyridine rings is 1. The van der Waals surface area contributed by atoms with Crippen LogP contribution in [0.1, 0.15) is 5.01 Å². The molecule has 2 aromatic heterocycles. The normalized spacial score (nSPS) is 10.8. The van der Waals surface area contributed by atoms with Crippen LogP contribution >= 0.6 is 27.3 Å². The van der Waals surface area contributed by atoms with Gasteiger partial charge >= 0.3 is 0 Å². The zero-order valence-electron chi connectivity index (χ0n) is 6.34. The van der Waals surface area contributed by atoms with Gasteiger partial charge in [0.1, 0.15) is 15.0 Å². The molecule has 0 aliphatic heterocycles. The number of halogens is 1. The van der Waals surface area contributed by atoms with Gasteiger partial charge in [0.2, 0.25) is 0 Å². The van der Waals surface area contributed by atoms with Gasteiger partial charge in [0, 0.05) is 0 Å². The van der Waals surface area contributed by atoms with Gasteiger partial charge in [-0.25, -0.2) is 9.97 Å². The number of hydrogen-bond acceptors (Lipinski definition) is 4. The number of aromatic nitrogens is 2. The van der Waals surface area contributed by atoms with Crippen LogP contribution in [-0.2, 0) is 0 Å². The summed E-state index contributed by atoms with van der Waals surface area (Å²) in [7, 11) is 0. The molecule has 2 heterocycles. The van der Waals surface area contributed by atoms with E-state index in [1.54, 1.807) is 11.3 Å². The van der Waals surface area contributed by atoms with E-state index in [1.165, 1.54) is 0 Å². The number of aryl methyl sites for hydroxylation is 1. The zero-order chi connectivity index (χ0) is 8.72. The number of thiazole rings is 1. The van der Waals surface area contributed by atoms with Crippen LogP contribution in [0, 0.1) is 6.92 Å². The first-order valence-corrected chi connectivity index (χ1v) is 4.97. The van der Waals surface area contributed by atoms with Crippen molar-refractivity contribution in [2.75, 3.05) is 5.73 Å². The molecular formula is C7H6BrN3S. The molecule has 0 saturated carbocycles. The van der Waals surface area contributed by atoms with Crippen LogP contribution in [0.5, 0.6) is 0 Å². The summed E-state index contributed by atoms with van der Waals surface area (Å²) >= 11 is 4.84. The summed E-state index contributed by atoms with van der Waals surface area (Å²) in [6, 6.07) is 1.83. The highest BCUT2D eigenvalue weighted by molar-refractivity contribution is 9.10. The molecule has 62 valence electrons. The van der Waals surface area contributed by atoms with Gasteiger partial charge in [-0.3, -0.25) is 0 Å². The lowest BCUT2D eigenvalue weighted by molar-refractivity contribution is 1.32. The molecule has 3 nitrogen and oxygen atoms in total. The number of nitrogen functional groups attached to an aromatic ring is 1. The molecule has 2 rings (SSSR count). The molecule has 0 radical (unpaired) electrons. The Morgan fingerprint density at radius 3 is 3.00 bits per heavy atom. The Morgan fingerprint density at radius 1 is 1.50 bits per heavy atom. The van der Waals surface area contributed by atoms with Crippen LogP contribution in [-0.4, -0.2) is 9.97 Å². The van der Waals surface area contributed by atoms with E-state index in [9.17, 15) is 0 Å². The largest absolute Gasteiger partial charge is 0.396 e. The molecule has 0 saturated heterocycles. The van der Waals surface area contributed by atoms with Gasteiger partial charge in [0.05, 0.1) is 10.7 Å². The van der Waals surface area contributed by atoms with Crippen LogP contribution in [0.3, 0.4) is 0 Å². The van der Waals surface area contributed by atoms with Crippen molar-refractivity contribution < 1.29 is 0 Å². The van der Waals surface area contributed by atoms with Gasteiger partial charge in [-0.15, -0.1) is 0 Å². The molecule has 0 amide bonds. The van der Waals surface area contributed by atoms with Crippen molar-refractivity contribution in [3.63, 3.8) is 0 Å². The fourth-order valence-electron chi connectivity index (χ4n) is 0.967. The number of nitrogens with two attached hydrogens (primary N) is 1. The molecule has 2 N–H and O–H groups in total. The molecular weight excluding hydrogens is 238 g/mol. The number of rotatable bonds is 0. The Bertz CT molecular complexity index is 398. The molecule has 0 bridgehead atoms. The molecule has 0 fully saturated rings. The third-order valence-electron chi connectivity index (χ3n) is 1.47. The number of anilines is 1. The van der Waals surface area contributed by atoms with E-state index < -0.39 is 0 Å². The van der Waals surface area contributed by atoms with Crippen LogP contribution in [0.15, 0.2) is 10.7 Å². The lowest BCUT2D eigenvalue weighted by Gasteiger charge is -1.94.